The van der Waals surface area contributed by atoms with Crippen LogP contribution in [0, 0.1) is 0 Å². The third-order valence-corrected chi connectivity index (χ3v) is 3.85. The minimum absolute atomic E-state index is 0.367. The van der Waals surface area contributed by atoms with Crippen molar-refractivity contribution in [2.75, 3.05) is 19.8 Å². The first-order chi connectivity index (χ1) is 10.3. The van der Waals surface area contributed by atoms with Crippen LogP contribution in [0.5, 0.6) is 0 Å². The van der Waals surface area contributed by atoms with Crippen molar-refractivity contribution in [3.63, 3.8) is 0 Å². The Balaban J connectivity index is 1.81. The molecule has 0 amide bonds. The zero-order valence-electron chi connectivity index (χ0n) is 13.3. The fourth-order valence-corrected chi connectivity index (χ4v) is 2.58. The Kier molecular flexibility index (Phi) is 6.71. The normalized spacial score (nSPS) is 12.7. The minimum atomic E-state index is 0.367. The Morgan fingerprint density at radius 2 is 1.76 bits per heavy atom. The summed E-state index contributed by atoms with van der Waals surface area (Å²) in [7, 11) is 0. The maximum absolute atomic E-state index is 5.59. The summed E-state index contributed by atoms with van der Waals surface area (Å²) in [6.45, 7) is 7.18. The molecule has 2 rings (SSSR count). The van der Waals surface area contributed by atoms with Crippen molar-refractivity contribution < 1.29 is 4.74 Å². The van der Waals surface area contributed by atoms with Crippen LogP contribution in [-0.2, 0) is 4.74 Å². The number of hydrogen-bond acceptors (Lipinski definition) is 2. The molecule has 0 aliphatic rings. The lowest BCUT2D eigenvalue weighted by Crippen LogP contribution is -2.21. The van der Waals surface area contributed by atoms with Gasteiger partial charge >= 0.3 is 0 Å². The van der Waals surface area contributed by atoms with Gasteiger partial charge in [-0.2, -0.15) is 0 Å². The Morgan fingerprint density at radius 3 is 2.62 bits per heavy atom. The van der Waals surface area contributed by atoms with E-state index in [-0.39, 0.29) is 0 Å². The average Bonchev–Trinajstić information content (AvgIpc) is 2.53. The van der Waals surface area contributed by atoms with E-state index in [0.717, 1.165) is 26.2 Å². The average molecular weight is 285 g/mol. The van der Waals surface area contributed by atoms with Crippen LogP contribution in [0.2, 0.25) is 0 Å². The summed E-state index contributed by atoms with van der Waals surface area (Å²) >= 11 is 0. The quantitative estimate of drug-likeness (QED) is 0.674. The molecular weight excluding hydrogens is 258 g/mol. The lowest BCUT2D eigenvalue weighted by Gasteiger charge is -2.16. The van der Waals surface area contributed by atoms with Gasteiger partial charge in [-0.3, -0.25) is 0 Å². The summed E-state index contributed by atoms with van der Waals surface area (Å²) in [6.07, 6.45) is 3.44. The largest absolute Gasteiger partial charge is 0.381 e. The fraction of sp³-hybridized carbons (Fsp3) is 0.474. The SMILES string of the molecule is CCCCOCCCNC(C)c1cccc2ccccc12. The van der Waals surface area contributed by atoms with E-state index in [1.54, 1.807) is 0 Å². The van der Waals surface area contributed by atoms with Gasteiger partial charge in [0.2, 0.25) is 0 Å². The minimum Gasteiger partial charge on any atom is -0.381 e. The van der Waals surface area contributed by atoms with E-state index < -0.39 is 0 Å². The molecule has 0 aliphatic carbocycles. The number of benzene rings is 2. The summed E-state index contributed by atoms with van der Waals surface area (Å²) in [5.41, 5.74) is 1.38. The van der Waals surface area contributed by atoms with Crippen molar-refractivity contribution >= 4 is 10.8 Å². The highest BCUT2D eigenvalue weighted by Gasteiger charge is 2.07. The van der Waals surface area contributed by atoms with Crippen molar-refractivity contribution in [3.05, 3.63) is 48.0 Å². The molecule has 0 saturated heterocycles. The van der Waals surface area contributed by atoms with Gasteiger partial charge < -0.3 is 10.1 Å². The van der Waals surface area contributed by atoms with Crippen molar-refractivity contribution in [1.29, 1.82) is 0 Å². The molecule has 0 aromatic heterocycles. The van der Waals surface area contributed by atoms with Crippen LogP contribution in [-0.4, -0.2) is 19.8 Å². The van der Waals surface area contributed by atoms with Gasteiger partial charge in [0.25, 0.3) is 0 Å². The van der Waals surface area contributed by atoms with Gasteiger partial charge in [0.05, 0.1) is 0 Å². The first kappa shape index (κ1) is 16.0. The third kappa shape index (κ3) is 4.83. The highest BCUT2D eigenvalue weighted by molar-refractivity contribution is 5.86. The predicted octanol–water partition coefficient (Wildman–Crippen LogP) is 4.70. The van der Waals surface area contributed by atoms with Gasteiger partial charge in [-0.25, -0.2) is 0 Å². The molecule has 0 saturated carbocycles. The molecule has 21 heavy (non-hydrogen) atoms. The standard InChI is InChI=1S/C19H27NO/c1-3-4-14-21-15-8-13-20-16(2)18-12-7-10-17-9-5-6-11-19(17)18/h5-7,9-12,16,20H,3-4,8,13-15H2,1-2H3. The predicted molar refractivity (Wildman–Crippen MR) is 90.7 cm³/mol. The van der Waals surface area contributed by atoms with E-state index in [9.17, 15) is 0 Å². The van der Waals surface area contributed by atoms with Crippen LogP contribution in [0.25, 0.3) is 10.8 Å². The van der Waals surface area contributed by atoms with Crippen LogP contribution in [0.3, 0.4) is 0 Å². The van der Waals surface area contributed by atoms with Crippen LogP contribution in [0.15, 0.2) is 42.5 Å². The molecule has 2 heteroatoms. The maximum Gasteiger partial charge on any atom is 0.0478 e. The molecule has 0 aliphatic heterocycles. The lowest BCUT2D eigenvalue weighted by molar-refractivity contribution is 0.128. The van der Waals surface area contributed by atoms with Gasteiger partial charge in [-0.05, 0) is 42.6 Å². The van der Waals surface area contributed by atoms with Gasteiger partial charge in [-0.1, -0.05) is 55.8 Å². The summed E-state index contributed by atoms with van der Waals surface area (Å²) in [6, 6.07) is 15.5. The Morgan fingerprint density at radius 1 is 1.00 bits per heavy atom. The van der Waals surface area contributed by atoms with Gasteiger partial charge in [0.1, 0.15) is 0 Å². The molecule has 1 N–H and O–H groups in total. The van der Waals surface area contributed by atoms with Gasteiger partial charge in [-0.15, -0.1) is 0 Å². The monoisotopic (exact) mass is 285 g/mol. The van der Waals surface area contributed by atoms with E-state index in [1.165, 1.54) is 29.2 Å². The molecule has 1 atom stereocenters. The van der Waals surface area contributed by atoms with Crippen molar-refractivity contribution in [3.8, 4) is 0 Å². The van der Waals surface area contributed by atoms with E-state index >= 15 is 0 Å². The number of hydrogen-bond donors (Lipinski definition) is 1. The second-order valence-corrected chi connectivity index (χ2v) is 5.56. The molecule has 114 valence electrons. The number of nitrogens with one attached hydrogen (secondary N) is 1. The van der Waals surface area contributed by atoms with Crippen LogP contribution in [0.1, 0.15) is 44.7 Å². The van der Waals surface area contributed by atoms with E-state index in [4.69, 9.17) is 4.74 Å². The zero-order valence-corrected chi connectivity index (χ0v) is 13.3. The Hall–Kier alpha value is -1.38. The molecule has 2 nitrogen and oxygen atoms in total. The van der Waals surface area contributed by atoms with E-state index in [1.807, 2.05) is 0 Å². The van der Waals surface area contributed by atoms with Crippen LogP contribution >= 0.6 is 0 Å². The molecule has 2 aromatic carbocycles. The van der Waals surface area contributed by atoms with Crippen molar-refractivity contribution in [1.82, 2.24) is 5.32 Å². The zero-order chi connectivity index (χ0) is 14.9. The van der Waals surface area contributed by atoms with Crippen molar-refractivity contribution in [2.24, 2.45) is 0 Å². The number of ether oxygens (including phenoxy) is 1. The topological polar surface area (TPSA) is 21.3 Å². The van der Waals surface area contributed by atoms with Crippen molar-refractivity contribution in [2.45, 2.75) is 39.2 Å². The first-order valence-corrected chi connectivity index (χ1v) is 8.11. The summed E-state index contributed by atoms with van der Waals surface area (Å²) in [4.78, 5) is 0. The molecule has 0 spiro atoms. The maximum atomic E-state index is 5.59. The second kappa shape index (κ2) is 8.81. The molecule has 0 heterocycles. The number of rotatable bonds is 9. The Labute approximate surface area is 128 Å². The summed E-state index contributed by atoms with van der Waals surface area (Å²) in [5, 5.41) is 6.26. The second-order valence-electron chi connectivity index (χ2n) is 5.56. The van der Waals surface area contributed by atoms with Crippen LogP contribution < -0.4 is 5.32 Å². The highest BCUT2D eigenvalue weighted by Crippen LogP contribution is 2.23. The molecule has 1 unspecified atom stereocenters. The molecule has 0 bridgehead atoms. The first-order valence-electron chi connectivity index (χ1n) is 8.11. The third-order valence-electron chi connectivity index (χ3n) is 3.85. The summed E-state index contributed by atoms with van der Waals surface area (Å²) in [5.74, 6) is 0. The Bertz CT molecular complexity index is 533. The van der Waals surface area contributed by atoms with Gasteiger partial charge in [0, 0.05) is 19.3 Å². The fourth-order valence-electron chi connectivity index (χ4n) is 2.58. The van der Waals surface area contributed by atoms with E-state index in [2.05, 4.69) is 61.6 Å². The van der Waals surface area contributed by atoms with Gasteiger partial charge in [0.15, 0.2) is 0 Å². The van der Waals surface area contributed by atoms with Crippen LogP contribution in [0.4, 0.5) is 0 Å². The lowest BCUT2D eigenvalue weighted by atomic mass is 10.00. The molecule has 0 fully saturated rings. The molecule has 0 radical (unpaired) electrons. The molecular formula is C19H27NO. The smallest absolute Gasteiger partial charge is 0.0478 e. The van der Waals surface area contributed by atoms with E-state index in [0.29, 0.717) is 6.04 Å². The summed E-state index contributed by atoms with van der Waals surface area (Å²) < 4.78 is 5.59. The highest BCUT2D eigenvalue weighted by atomic mass is 16.5. The molecule has 2 aromatic rings. The number of unbranched alkanes of at least 4 members (excludes halogenated alkanes) is 1. The number of fused-ring (bicyclic) bond motifs is 1.